The van der Waals surface area contributed by atoms with E-state index in [-0.39, 0.29) is 0 Å². The molecule has 0 saturated heterocycles. The molecule has 0 aliphatic carbocycles. The van der Waals surface area contributed by atoms with E-state index in [0.717, 1.165) is 22.6 Å². The summed E-state index contributed by atoms with van der Waals surface area (Å²) in [4.78, 5) is 0. The fourth-order valence-corrected chi connectivity index (χ4v) is 2.49. The highest BCUT2D eigenvalue weighted by Gasteiger charge is 2.07. The molecule has 2 aromatic rings. The third-order valence-corrected chi connectivity index (χ3v) is 3.94. The van der Waals surface area contributed by atoms with Crippen molar-refractivity contribution in [2.75, 3.05) is 7.11 Å². The maximum Gasteiger partial charge on any atom is 0.127 e. The lowest BCUT2D eigenvalue weighted by Crippen LogP contribution is -1.99. The molecule has 0 aromatic heterocycles. The molecule has 108 valence electrons. The minimum Gasteiger partial charge on any atom is -0.497 e. The van der Waals surface area contributed by atoms with Gasteiger partial charge < -0.3 is 9.47 Å². The number of benzene rings is 2. The van der Waals surface area contributed by atoms with E-state index in [1.807, 2.05) is 18.2 Å². The Hall–Kier alpha value is -1.70. The van der Waals surface area contributed by atoms with Crippen LogP contribution in [-0.4, -0.2) is 7.11 Å². The van der Waals surface area contributed by atoms with Crippen LogP contribution in [0.15, 0.2) is 36.4 Å². The van der Waals surface area contributed by atoms with E-state index >= 15 is 0 Å². The molecule has 0 aliphatic rings. The average Bonchev–Trinajstić information content (AvgIpc) is 2.53. The van der Waals surface area contributed by atoms with Crippen LogP contribution in [0.1, 0.15) is 16.7 Å². The average molecular weight is 367 g/mol. The van der Waals surface area contributed by atoms with Crippen LogP contribution >= 0.6 is 27.5 Å². The van der Waals surface area contributed by atoms with Crippen molar-refractivity contribution in [2.45, 2.75) is 11.9 Å². The van der Waals surface area contributed by atoms with Gasteiger partial charge in [0.15, 0.2) is 0 Å². The van der Waals surface area contributed by atoms with Gasteiger partial charge in [-0.05, 0) is 18.2 Å². The lowest BCUT2D eigenvalue weighted by Gasteiger charge is -2.12. The Morgan fingerprint density at radius 1 is 1.19 bits per heavy atom. The van der Waals surface area contributed by atoms with E-state index in [9.17, 15) is 0 Å². The molecule has 0 unspecified atom stereocenters. The van der Waals surface area contributed by atoms with Crippen molar-refractivity contribution < 1.29 is 9.47 Å². The fourth-order valence-electron chi connectivity index (χ4n) is 1.80. The second-order valence-corrected chi connectivity index (χ2v) is 5.28. The maximum absolute atomic E-state index is 8.83. The number of hydrogen-bond acceptors (Lipinski definition) is 3. The highest BCUT2D eigenvalue weighted by molar-refractivity contribution is 9.08. The molecule has 0 heterocycles. The Balaban J connectivity index is 2.18. The molecule has 5 heteroatoms. The molecule has 2 rings (SSSR count). The van der Waals surface area contributed by atoms with Gasteiger partial charge in [-0.3, -0.25) is 0 Å². The van der Waals surface area contributed by atoms with Crippen LogP contribution in [-0.2, 0) is 11.9 Å². The summed E-state index contributed by atoms with van der Waals surface area (Å²) in [7, 11) is 1.62. The Kier molecular flexibility index (Phi) is 5.49. The van der Waals surface area contributed by atoms with Gasteiger partial charge in [-0.15, -0.1) is 0 Å². The van der Waals surface area contributed by atoms with Crippen molar-refractivity contribution in [2.24, 2.45) is 0 Å². The lowest BCUT2D eigenvalue weighted by molar-refractivity contribution is 0.301. The summed E-state index contributed by atoms with van der Waals surface area (Å²) in [5.74, 6) is 1.48. The molecular formula is C16H13BrClNO2. The molecule has 21 heavy (non-hydrogen) atoms. The summed E-state index contributed by atoms with van der Waals surface area (Å²) < 4.78 is 11.0. The highest BCUT2D eigenvalue weighted by atomic mass is 79.9. The quantitative estimate of drug-likeness (QED) is 0.721. The molecule has 0 amide bonds. The molecule has 0 N–H and O–H groups in total. The first-order valence-corrected chi connectivity index (χ1v) is 7.72. The third-order valence-electron chi connectivity index (χ3n) is 2.98. The predicted molar refractivity (Wildman–Crippen MR) is 86.1 cm³/mol. The Morgan fingerprint density at radius 2 is 1.95 bits per heavy atom. The zero-order chi connectivity index (χ0) is 15.2. The maximum atomic E-state index is 8.83. The first-order valence-electron chi connectivity index (χ1n) is 6.22. The first kappa shape index (κ1) is 15.7. The summed E-state index contributed by atoms with van der Waals surface area (Å²) >= 11 is 9.57. The van der Waals surface area contributed by atoms with Crippen LogP contribution in [0.5, 0.6) is 11.5 Å². The second kappa shape index (κ2) is 7.35. The molecule has 2 aromatic carbocycles. The number of nitriles is 1. The number of halogens is 2. The monoisotopic (exact) mass is 365 g/mol. The highest BCUT2D eigenvalue weighted by Crippen LogP contribution is 2.28. The number of nitrogens with zero attached hydrogens (tertiary/aromatic N) is 1. The van der Waals surface area contributed by atoms with E-state index in [2.05, 4.69) is 22.0 Å². The minimum absolute atomic E-state index is 0.331. The zero-order valence-corrected chi connectivity index (χ0v) is 13.7. The summed E-state index contributed by atoms with van der Waals surface area (Å²) in [6.07, 6.45) is 0. The predicted octanol–water partition coefficient (Wildman–Crippen LogP) is 4.69. The number of rotatable bonds is 5. The molecule has 0 radical (unpaired) electrons. The van der Waals surface area contributed by atoms with E-state index in [0.29, 0.717) is 22.5 Å². The van der Waals surface area contributed by atoms with E-state index < -0.39 is 0 Å². The van der Waals surface area contributed by atoms with Crippen LogP contribution in [0.3, 0.4) is 0 Å². The molecule has 0 atom stereocenters. The van der Waals surface area contributed by atoms with Crippen molar-refractivity contribution >= 4 is 27.5 Å². The molecule has 0 aliphatic heterocycles. The normalized spacial score (nSPS) is 10.0. The Bertz CT molecular complexity index is 682. The van der Waals surface area contributed by atoms with Crippen LogP contribution < -0.4 is 9.47 Å². The van der Waals surface area contributed by atoms with Gasteiger partial charge in [-0.25, -0.2) is 0 Å². The van der Waals surface area contributed by atoms with Gasteiger partial charge in [-0.1, -0.05) is 39.7 Å². The van der Waals surface area contributed by atoms with E-state index in [1.54, 1.807) is 25.3 Å². The van der Waals surface area contributed by atoms with Gasteiger partial charge >= 0.3 is 0 Å². The summed E-state index contributed by atoms with van der Waals surface area (Å²) in [6.45, 7) is 0.331. The zero-order valence-electron chi connectivity index (χ0n) is 11.4. The van der Waals surface area contributed by atoms with E-state index in [1.165, 1.54) is 0 Å². The standard InChI is InChI=1S/C16H13BrClNO2/c1-20-14-5-4-12(8-17)16(7-14)21-10-13-3-2-11(9-19)6-15(13)18/h2-7H,8,10H2,1H3. The van der Waals surface area contributed by atoms with Crippen molar-refractivity contribution in [1.82, 2.24) is 0 Å². The van der Waals surface area contributed by atoms with Gasteiger partial charge in [0.25, 0.3) is 0 Å². The van der Waals surface area contributed by atoms with Gasteiger partial charge in [-0.2, -0.15) is 5.26 Å². The van der Waals surface area contributed by atoms with E-state index in [4.69, 9.17) is 26.3 Å². The van der Waals surface area contributed by atoms with Crippen LogP contribution in [0.25, 0.3) is 0 Å². The largest absolute Gasteiger partial charge is 0.497 e. The lowest BCUT2D eigenvalue weighted by atomic mass is 10.1. The topological polar surface area (TPSA) is 42.2 Å². The number of hydrogen-bond donors (Lipinski definition) is 0. The number of ether oxygens (including phenoxy) is 2. The van der Waals surface area contributed by atoms with Crippen molar-refractivity contribution in [3.05, 3.63) is 58.1 Å². The Morgan fingerprint density at radius 3 is 2.57 bits per heavy atom. The smallest absolute Gasteiger partial charge is 0.127 e. The third kappa shape index (κ3) is 3.90. The minimum atomic E-state index is 0.331. The van der Waals surface area contributed by atoms with Crippen molar-refractivity contribution in [3.63, 3.8) is 0 Å². The molecule has 0 bridgehead atoms. The first-order chi connectivity index (χ1) is 10.2. The molecule has 3 nitrogen and oxygen atoms in total. The van der Waals surface area contributed by atoms with Crippen LogP contribution in [0.4, 0.5) is 0 Å². The number of methoxy groups -OCH3 is 1. The van der Waals surface area contributed by atoms with Gasteiger partial charge in [0.05, 0.1) is 18.7 Å². The van der Waals surface area contributed by atoms with Crippen LogP contribution in [0, 0.1) is 11.3 Å². The summed E-state index contributed by atoms with van der Waals surface area (Å²) in [6, 6.07) is 12.9. The second-order valence-electron chi connectivity index (χ2n) is 4.31. The Labute approximate surface area is 137 Å². The SMILES string of the molecule is COc1ccc(CBr)c(OCc2ccc(C#N)cc2Cl)c1. The van der Waals surface area contributed by atoms with Crippen LogP contribution in [0.2, 0.25) is 5.02 Å². The summed E-state index contributed by atoms with van der Waals surface area (Å²) in [5, 5.41) is 10.0. The molecule has 0 fully saturated rings. The molecule has 0 spiro atoms. The van der Waals surface area contributed by atoms with Gasteiger partial charge in [0.2, 0.25) is 0 Å². The fraction of sp³-hybridized carbons (Fsp3) is 0.188. The number of alkyl halides is 1. The van der Waals surface area contributed by atoms with Gasteiger partial charge in [0, 0.05) is 27.5 Å². The molecular weight excluding hydrogens is 354 g/mol. The summed E-state index contributed by atoms with van der Waals surface area (Å²) in [5.41, 5.74) is 2.39. The van der Waals surface area contributed by atoms with Crippen molar-refractivity contribution in [1.29, 1.82) is 5.26 Å². The van der Waals surface area contributed by atoms with Crippen molar-refractivity contribution in [3.8, 4) is 17.6 Å². The van der Waals surface area contributed by atoms with Gasteiger partial charge in [0.1, 0.15) is 18.1 Å². The molecule has 0 saturated carbocycles.